The van der Waals surface area contributed by atoms with Crippen molar-refractivity contribution in [1.29, 1.82) is 0 Å². The summed E-state index contributed by atoms with van der Waals surface area (Å²) in [7, 11) is 0. The third-order valence-corrected chi connectivity index (χ3v) is 32.7. The number of hydrogen-bond acceptors (Lipinski definition) is 6. The molecule has 0 unspecified atom stereocenters. The summed E-state index contributed by atoms with van der Waals surface area (Å²) >= 11 is 0. The lowest BCUT2D eigenvalue weighted by Gasteiger charge is -2.56. The quantitative estimate of drug-likeness (QED) is 0.153. The van der Waals surface area contributed by atoms with Crippen LogP contribution in [0.25, 0.3) is 66.8 Å². The third kappa shape index (κ3) is 10.3. The van der Waals surface area contributed by atoms with Crippen LogP contribution in [-0.2, 0) is 0 Å². The first kappa shape index (κ1) is 76.9. The summed E-state index contributed by atoms with van der Waals surface area (Å²) in [5, 5.41) is 0. The minimum Gasteiger partial charge on any atom is -0.312 e. The number of anilines is 18. The topological polar surface area (TPSA) is 19.4 Å². The van der Waals surface area contributed by atoms with E-state index in [1.165, 1.54) is 301 Å². The molecule has 0 fully saturated rings. The van der Waals surface area contributed by atoms with Gasteiger partial charge in [0.1, 0.15) is 0 Å². The van der Waals surface area contributed by atoms with Gasteiger partial charge in [-0.05, 0) is 279 Å². The van der Waals surface area contributed by atoms with Crippen molar-refractivity contribution in [3.63, 3.8) is 0 Å². The molecule has 32 rings (SSSR count). The van der Waals surface area contributed by atoms with E-state index in [1.54, 1.807) is 0 Å². The van der Waals surface area contributed by atoms with E-state index in [-0.39, 0.29) is 40.3 Å². The van der Waals surface area contributed by atoms with Gasteiger partial charge >= 0.3 is 0 Å². The fourth-order valence-corrected chi connectivity index (χ4v) is 27.2. The van der Waals surface area contributed by atoms with Crippen LogP contribution in [0, 0.1) is 41.5 Å². The summed E-state index contributed by atoms with van der Waals surface area (Å²) in [6, 6.07) is 154. The zero-order valence-electron chi connectivity index (χ0n) is 77.3. The molecule has 0 atom stereocenters. The third-order valence-electron chi connectivity index (χ3n) is 32.7. The molecule has 636 valence electrons. The Morgan fingerprint density at radius 1 is 0.123 bits per heavy atom. The molecule has 12 heteroatoms. The van der Waals surface area contributed by atoms with Crippen LogP contribution in [0.2, 0.25) is 0 Å². The second-order valence-electron chi connectivity index (χ2n) is 40.4. The van der Waals surface area contributed by atoms with Crippen molar-refractivity contribution in [2.24, 2.45) is 0 Å². The van der Waals surface area contributed by atoms with Crippen molar-refractivity contribution >= 4 is 241 Å². The van der Waals surface area contributed by atoms with Crippen LogP contribution < -0.4 is 128 Å². The van der Waals surface area contributed by atoms with Gasteiger partial charge in [0.25, 0.3) is 40.3 Å². The summed E-state index contributed by atoms with van der Waals surface area (Å²) in [4.78, 5) is 16.2. The van der Waals surface area contributed by atoms with Crippen molar-refractivity contribution in [3.8, 4) is 66.8 Å². The number of benzene rings is 20. The van der Waals surface area contributed by atoms with Gasteiger partial charge in [-0.1, -0.05) is 361 Å². The summed E-state index contributed by atoms with van der Waals surface area (Å²) in [6.45, 7) is 13.6. The molecule has 12 heterocycles. The minimum atomic E-state index is -0.111. The van der Waals surface area contributed by atoms with E-state index in [9.17, 15) is 0 Å². The van der Waals surface area contributed by atoms with Gasteiger partial charge in [0, 0.05) is 102 Å². The van der Waals surface area contributed by atoms with E-state index in [1.807, 2.05) is 0 Å². The average Bonchev–Trinajstić information content (AvgIpc) is 0.647. The van der Waals surface area contributed by atoms with Crippen LogP contribution in [0.5, 0.6) is 0 Å². The zero-order chi connectivity index (χ0) is 90.8. The maximum atomic E-state index is 2.72. The largest absolute Gasteiger partial charge is 0.312 e. The van der Waals surface area contributed by atoms with Gasteiger partial charge in [-0.3, -0.25) is 0 Å². The number of rotatable bonds is 6. The normalized spacial score (nSPS) is 14.1. The van der Waals surface area contributed by atoms with Crippen molar-refractivity contribution in [2.75, 3.05) is 29.4 Å². The molecule has 12 aliphatic heterocycles. The zero-order valence-corrected chi connectivity index (χ0v) is 77.3. The number of nitrogens with zero attached hydrogens (tertiary/aromatic N) is 6. The van der Waals surface area contributed by atoms with Gasteiger partial charge in [-0.25, -0.2) is 0 Å². The Labute approximate surface area is 806 Å². The molecule has 6 nitrogen and oxygen atoms in total. The van der Waals surface area contributed by atoms with Crippen molar-refractivity contribution in [2.45, 2.75) is 41.5 Å². The first-order chi connectivity index (χ1) is 68.0. The fourth-order valence-electron chi connectivity index (χ4n) is 27.2. The Kier molecular flexibility index (Phi) is 15.7. The second-order valence-corrected chi connectivity index (χ2v) is 40.4. The van der Waals surface area contributed by atoms with E-state index >= 15 is 0 Å². The minimum absolute atomic E-state index is 0.111. The lowest BCUT2D eigenvalue weighted by atomic mass is 9.24. The Morgan fingerprint density at radius 2 is 0.246 bits per heavy atom. The highest BCUT2D eigenvalue weighted by atomic mass is 15.3. The van der Waals surface area contributed by atoms with E-state index in [0.29, 0.717) is 0 Å². The Hall–Kier alpha value is -16.4. The SMILES string of the molecule is Cc1ccc2c(c1)B1c3cc(C)ccc3N3c4ccc(C)cc4B4c5cc(C)ccc5N5c6ccc(C)cc6B6c7cc(C)ccc7N2c2c1c3c4c5c26.c1ccc(-c2ccc3c(c2)B2c4cc(-c5ccccc5)ccc4N4c5ccc(-c6ccccc6)cc5B5c6cc(-c7ccccc7)ccc6N6c7ccc(-c8ccccc8)cc7B7c8cc(-c9ccccc9)ccc8N3c3c2c4c5c6c37)cc1. The van der Waals surface area contributed by atoms with Crippen molar-refractivity contribution in [3.05, 3.63) is 434 Å². The van der Waals surface area contributed by atoms with Crippen LogP contribution in [0.15, 0.2) is 400 Å². The molecule has 0 bridgehead atoms. The molecule has 0 saturated heterocycles. The van der Waals surface area contributed by atoms with Gasteiger partial charge in [-0.2, -0.15) is 0 Å². The average molecular weight is 1750 g/mol. The molecule has 0 N–H and O–H groups in total. The van der Waals surface area contributed by atoms with Crippen LogP contribution in [0.4, 0.5) is 102 Å². The lowest BCUT2D eigenvalue weighted by Crippen LogP contribution is -2.74. The maximum Gasteiger partial charge on any atom is 0.252 e. The molecule has 20 aromatic carbocycles. The number of hydrogen-bond donors (Lipinski definition) is 0. The molecule has 0 saturated carbocycles. The smallest absolute Gasteiger partial charge is 0.252 e. The molecule has 20 aromatic rings. The Balaban J connectivity index is 0.000000140. The molecule has 0 spiro atoms. The highest BCUT2D eigenvalue weighted by molar-refractivity contribution is 7.11. The number of aryl methyl sites for hydroxylation is 6. The first-order valence-corrected chi connectivity index (χ1v) is 49.0. The van der Waals surface area contributed by atoms with Crippen molar-refractivity contribution in [1.82, 2.24) is 0 Å². The molecular formula is C126H84B6N6. The summed E-state index contributed by atoms with van der Waals surface area (Å²) in [5.74, 6) is 0. The highest BCUT2D eigenvalue weighted by Crippen LogP contribution is 2.56. The van der Waals surface area contributed by atoms with Gasteiger partial charge in [0.2, 0.25) is 0 Å². The van der Waals surface area contributed by atoms with Gasteiger partial charge in [0.05, 0.1) is 0 Å². The molecule has 0 amide bonds. The molecule has 0 aliphatic carbocycles. The van der Waals surface area contributed by atoms with Crippen LogP contribution in [-0.4, -0.2) is 40.3 Å². The summed E-state index contributed by atoms with van der Waals surface area (Å²) in [5.41, 5.74) is 70.7. The summed E-state index contributed by atoms with van der Waals surface area (Å²) < 4.78 is 0. The molecule has 0 radical (unpaired) electrons. The maximum absolute atomic E-state index is 2.72. The van der Waals surface area contributed by atoms with Gasteiger partial charge in [-0.15, -0.1) is 0 Å². The second kappa shape index (κ2) is 28.1. The van der Waals surface area contributed by atoms with Crippen LogP contribution >= 0.6 is 0 Å². The first-order valence-electron chi connectivity index (χ1n) is 49.0. The van der Waals surface area contributed by atoms with Crippen LogP contribution in [0.1, 0.15) is 33.4 Å². The monoisotopic (exact) mass is 1750 g/mol. The standard InChI is InChI=1S/C78H48B3N3.C48H36B3N3/c1-7-19-49(20-8-1)55-31-37-67-61(43-55)79-62-44-56(50-21-9-2-10-22-50)32-38-68(62)83-70-40-34-58(52-25-13-4-14-26-52)46-64(70)81-66-48-60(54-29-17-6-18-30-54)36-42-72(66)84-71-41-35-59(53-27-15-5-16-28-53)47-65(71)80-63-45-57(51-23-11-3-12-24-51)33-39-69(63)82(67)76-73(79)77(83)75(81)78(84)74(76)80;1-25-7-13-37-31(19-25)49-32-20-26(2)8-14-38(32)53-40-16-10-28(4)22-34(40)51-36-24-30(6)12-18-42(36)54-41-17-11-29(5)23-35(41)50-33-21-27(3)9-15-39(33)52(37)46-43(49)47(53)45(51)48(54)44(46)50/h1-48H;7-24H,1-6H3. The highest BCUT2D eigenvalue weighted by Gasteiger charge is 2.61. The van der Waals surface area contributed by atoms with E-state index in [0.717, 1.165) is 0 Å². The van der Waals surface area contributed by atoms with Crippen molar-refractivity contribution < 1.29 is 0 Å². The predicted molar refractivity (Wildman–Crippen MR) is 590 cm³/mol. The number of fused-ring (bicyclic) bond motifs is 36. The Bertz CT molecular complexity index is 7590. The van der Waals surface area contributed by atoms with E-state index < -0.39 is 0 Å². The lowest BCUT2D eigenvalue weighted by molar-refractivity contribution is 1.22. The molecule has 0 aromatic heterocycles. The van der Waals surface area contributed by atoms with Gasteiger partial charge < -0.3 is 29.4 Å². The molecule has 12 aliphatic rings. The van der Waals surface area contributed by atoms with Crippen LogP contribution in [0.3, 0.4) is 0 Å². The van der Waals surface area contributed by atoms with E-state index in [4.69, 9.17) is 0 Å². The van der Waals surface area contributed by atoms with Gasteiger partial charge in [0.15, 0.2) is 0 Å². The molecule has 138 heavy (non-hydrogen) atoms. The molecular weight excluding hydrogens is 1660 g/mol. The fraction of sp³-hybridized carbons (Fsp3) is 0.0476. The Morgan fingerprint density at radius 3 is 0.384 bits per heavy atom. The van der Waals surface area contributed by atoms with E-state index in [2.05, 4.69) is 471 Å². The predicted octanol–water partition coefficient (Wildman–Crippen LogP) is 18.9. The summed E-state index contributed by atoms with van der Waals surface area (Å²) in [6.07, 6.45) is 0.